The monoisotopic (exact) mass is 536 g/mol. The van der Waals surface area contributed by atoms with Crippen LogP contribution in [0.25, 0.3) is 0 Å². The van der Waals surface area contributed by atoms with Gasteiger partial charge in [-0.2, -0.15) is 0 Å². The molecule has 6 atom stereocenters. The van der Waals surface area contributed by atoms with Crippen molar-refractivity contribution in [2.75, 3.05) is 6.61 Å². The average molecular weight is 537 g/mol. The van der Waals surface area contributed by atoms with Crippen LogP contribution < -0.4 is 10.4 Å². The summed E-state index contributed by atoms with van der Waals surface area (Å²) in [6.07, 6.45) is 0.0617. The summed E-state index contributed by atoms with van der Waals surface area (Å²) in [5.41, 5.74) is -0.438. The van der Waals surface area contributed by atoms with Crippen LogP contribution in [0.2, 0.25) is 23.2 Å². The van der Waals surface area contributed by atoms with E-state index in [2.05, 4.69) is 137 Å². The lowest BCUT2D eigenvalue weighted by Crippen LogP contribution is -2.68. The summed E-state index contributed by atoms with van der Waals surface area (Å²) in [5, 5.41) is 2.70. The lowest BCUT2D eigenvalue weighted by atomic mass is 9.77. The lowest BCUT2D eigenvalue weighted by molar-refractivity contribution is -0.130. The zero-order valence-electron chi connectivity index (χ0n) is 25.1. The number of rotatable bonds is 7. The molecule has 1 saturated carbocycles. The summed E-state index contributed by atoms with van der Waals surface area (Å²) in [6.45, 7) is 24.1. The molecular formula is C31H49BO3Si2. The van der Waals surface area contributed by atoms with Crippen LogP contribution in [0.5, 0.6) is 0 Å². The minimum absolute atomic E-state index is 0.0617. The maximum Gasteiger partial charge on any atom is 0.261 e. The van der Waals surface area contributed by atoms with Gasteiger partial charge in [0.15, 0.2) is 8.32 Å². The van der Waals surface area contributed by atoms with Crippen LogP contribution in [0, 0.1) is 17.8 Å². The molecule has 2 aromatic carbocycles. The van der Waals surface area contributed by atoms with Gasteiger partial charge in [0.2, 0.25) is 0 Å². The molecule has 37 heavy (non-hydrogen) atoms. The highest BCUT2D eigenvalue weighted by Gasteiger charge is 2.68. The number of benzene rings is 2. The minimum Gasteiger partial charge on any atom is -0.411 e. The molecule has 2 aromatic rings. The van der Waals surface area contributed by atoms with Gasteiger partial charge in [0.1, 0.15) is 13.4 Å². The average Bonchev–Trinajstić information content (AvgIpc) is 3.18. The first-order chi connectivity index (χ1) is 17.1. The highest BCUT2D eigenvalue weighted by molar-refractivity contribution is 6.99. The molecule has 1 aliphatic heterocycles. The molecular weight excluding hydrogens is 487 g/mol. The third kappa shape index (κ3) is 4.65. The molecule has 0 N–H and O–H groups in total. The summed E-state index contributed by atoms with van der Waals surface area (Å²) in [7, 11) is -2.45. The van der Waals surface area contributed by atoms with Crippen molar-refractivity contribution in [1.29, 1.82) is 0 Å². The summed E-state index contributed by atoms with van der Waals surface area (Å²) in [4.78, 5) is 0. The second kappa shape index (κ2) is 9.78. The van der Waals surface area contributed by atoms with Crippen molar-refractivity contribution >= 4 is 34.9 Å². The molecule has 2 unspecified atom stereocenters. The van der Waals surface area contributed by atoms with Crippen molar-refractivity contribution < 1.29 is 13.6 Å². The van der Waals surface area contributed by atoms with Gasteiger partial charge >= 0.3 is 0 Å². The minimum atomic E-state index is -2.68. The number of ether oxygens (including phenoxy) is 1. The molecule has 1 heterocycles. The predicted octanol–water partition coefficient (Wildman–Crippen LogP) is 5.58. The quantitative estimate of drug-likeness (QED) is 0.432. The zero-order chi connectivity index (χ0) is 27.4. The predicted molar refractivity (Wildman–Crippen MR) is 164 cm³/mol. The Hall–Kier alpha value is -1.18. The van der Waals surface area contributed by atoms with Crippen LogP contribution in [-0.2, 0) is 13.6 Å². The zero-order valence-corrected chi connectivity index (χ0v) is 27.1. The highest BCUT2D eigenvalue weighted by atomic mass is 28.4. The van der Waals surface area contributed by atoms with Gasteiger partial charge in [-0.25, -0.2) is 0 Å². The van der Waals surface area contributed by atoms with E-state index in [1.807, 2.05) is 0 Å². The van der Waals surface area contributed by atoms with E-state index in [-0.39, 0.29) is 22.2 Å². The summed E-state index contributed by atoms with van der Waals surface area (Å²) in [6, 6.07) is 22.1. The van der Waals surface area contributed by atoms with Gasteiger partial charge in [-0.1, -0.05) is 116 Å². The molecule has 202 valence electrons. The Bertz CT molecular complexity index is 1020. The molecule has 4 rings (SSSR count). The fraction of sp³-hybridized carbons (Fsp3) is 0.613. The summed E-state index contributed by atoms with van der Waals surface area (Å²) in [5.74, 6) is 1.29. The number of hydrogen-bond donors (Lipinski definition) is 0. The van der Waals surface area contributed by atoms with E-state index in [1.165, 1.54) is 10.4 Å². The molecule has 0 spiro atoms. The van der Waals surface area contributed by atoms with Crippen LogP contribution in [0.3, 0.4) is 0 Å². The smallest absolute Gasteiger partial charge is 0.261 e. The van der Waals surface area contributed by atoms with Crippen molar-refractivity contribution in [1.82, 2.24) is 0 Å². The summed E-state index contributed by atoms with van der Waals surface area (Å²) < 4.78 is 21.8. The maximum atomic E-state index is 7.52. The second-order valence-corrected chi connectivity index (χ2v) is 23.3. The van der Waals surface area contributed by atoms with Crippen LogP contribution in [0.15, 0.2) is 60.7 Å². The van der Waals surface area contributed by atoms with E-state index >= 15 is 0 Å². The maximum absolute atomic E-state index is 7.52. The van der Waals surface area contributed by atoms with Crippen molar-refractivity contribution in [2.24, 2.45) is 17.8 Å². The Labute approximate surface area is 229 Å². The summed E-state index contributed by atoms with van der Waals surface area (Å²) >= 11 is 0. The van der Waals surface area contributed by atoms with Crippen molar-refractivity contribution in [2.45, 2.75) is 96.3 Å². The molecule has 3 nitrogen and oxygen atoms in total. The van der Waals surface area contributed by atoms with E-state index < -0.39 is 22.2 Å². The molecule has 0 radical (unpaired) electrons. The molecule has 6 heteroatoms. The highest BCUT2D eigenvalue weighted by Crippen LogP contribution is 2.58. The van der Waals surface area contributed by atoms with E-state index in [4.69, 9.17) is 13.6 Å². The number of hydrogen-bond acceptors (Lipinski definition) is 3. The van der Waals surface area contributed by atoms with Gasteiger partial charge in [0.25, 0.3) is 8.32 Å². The van der Waals surface area contributed by atoms with Crippen LogP contribution in [0.1, 0.15) is 55.4 Å². The van der Waals surface area contributed by atoms with Crippen LogP contribution in [-0.4, -0.2) is 48.8 Å². The lowest BCUT2D eigenvalue weighted by Gasteiger charge is -2.48. The van der Waals surface area contributed by atoms with Gasteiger partial charge in [-0.15, -0.1) is 0 Å². The van der Waals surface area contributed by atoms with Gasteiger partial charge in [0, 0.05) is 11.9 Å². The second-order valence-electron chi connectivity index (χ2n) is 14.3. The fourth-order valence-electron chi connectivity index (χ4n) is 6.81. The Morgan fingerprint density at radius 3 is 1.76 bits per heavy atom. The first-order valence-corrected chi connectivity index (χ1v) is 19.0. The van der Waals surface area contributed by atoms with Crippen LogP contribution in [0.4, 0.5) is 0 Å². The standard InChI is InChI=1S/C31H49BO3Si2/c1-22-23(2)31(27(26(22)28(32)34-31)35-36(9,10)29(3,4)5)21-33-37(30(6,7)8,24-17-13-11-14-18-24)25-19-15-12-16-20-25/h11-20,22-23,26-28H,21,32H2,1-10H3/t22?,23?,26-,27+,28-,31+/m1/s1. The molecule has 2 bridgehead atoms. The molecule has 0 amide bonds. The van der Waals surface area contributed by atoms with Gasteiger partial charge in [0.05, 0.1) is 12.7 Å². The molecule has 2 aliphatic rings. The van der Waals surface area contributed by atoms with Gasteiger partial charge in [-0.05, 0) is 45.4 Å². The first-order valence-electron chi connectivity index (χ1n) is 14.2. The Morgan fingerprint density at radius 1 is 0.838 bits per heavy atom. The molecule has 2 fully saturated rings. The SMILES string of the molecule is B[C@@H]1O[C@@]2(CO[Si](c3ccccc3)(c3ccccc3)C(C)(C)C)C(C)C(C)[C@@H]1[C@@H]2O[Si](C)(C)C(C)(C)C. The Kier molecular flexibility index (Phi) is 7.62. The van der Waals surface area contributed by atoms with Crippen LogP contribution >= 0.6 is 0 Å². The van der Waals surface area contributed by atoms with Gasteiger partial charge in [-0.3, -0.25) is 0 Å². The third-order valence-electron chi connectivity index (χ3n) is 10.1. The third-order valence-corrected chi connectivity index (χ3v) is 19.5. The Balaban J connectivity index is 1.81. The van der Waals surface area contributed by atoms with E-state index in [1.54, 1.807) is 0 Å². The van der Waals surface area contributed by atoms with Crippen molar-refractivity contribution in [3.05, 3.63) is 60.7 Å². The molecule has 0 aromatic heterocycles. The normalized spacial score (nSPS) is 30.6. The molecule has 1 aliphatic carbocycles. The first kappa shape index (κ1) is 28.8. The van der Waals surface area contributed by atoms with Gasteiger partial charge < -0.3 is 13.6 Å². The fourth-order valence-corrected chi connectivity index (χ4v) is 12.8. The topological polar surface area (TPSA) is 27.7 Å². The molecule has 1 saturated heterocycles. The Morgan fingerprint density at radius 2 is 1.32 bits per heavy atom. The largest absolute Gasteiger partial charge is 0.411 e. The number of fused-ring (bicyclic) bond motifs is 2. The van der Waals surface area contributed by atoms with Crippen molar-refractivity contribution in [3.8, 4) is 0 Å². The van der Waals surface area contributed by atoms with E-state index in [9.17, 15) is 0 Å². The van der Waals surface area contributed by atoms with E-state index in [0.717, 1.165) is 0 Å². The van der Waals surface area contributed by atoms with E-state index in [0.29, 0.717) is 24.4 Å². The van der Waals surface area contributed by atoms with Crippen molar-refractivity contribution in [3.63, 3.8) is 0 Å².